The zero-order valence-corrected chi connectivity index (χ0v) is 12.7. The molecule has 1 aromatic carbocycles. The predicted octanol–water partition coefficient (Wildman–Crippen LogP) is -1.90. The maximum Gasteiger partial charge on any atom is 0.279 e. The van der Waals surface area contributed by atoms with Crippen molar-refractivity contribution in [2.45, 2.75) is 26.2 Å². The molecule has 1 aliphatic rings. The summed E-state index contributed by atoms with van der Waals surface area (Å²) < 4.78 is 5.37. The third-order valence-electron chi connectivity index (χ3n) is 3.42. The molecule has 0 radical (unpaired) electrons. The molecule has 0 spiro atoms. The molecule has 1 amide bonds. The highest BCUT2D eigenvalue weighted by Crippen LogP contribution is 2.15. The van der Waals surface area contributed by atoms with Gasteiger partial charge in [-0.2, -0.15) is 0 Å². The summed E-state index contributed by atoms with van der Waals surface area (Å²) in [5, 5.41) is 2.94. The Bertz CT molecular complexity index is 403. The summed E-state index contributed by atoms with van der Waals surface area (Å²) in [6.07, 6.45) is 3.79. The molecule has 0 aromatic heterocycles. The molecule has 2 N–H and O–H groups in total. The van der Waals surface area contributed by atoms with E-state index < -0.39 is 0 Å². The first-order valence-electron chi connectivity index (χ1n) is 7.14. The summed E-state index contributed by atoms with van der Waals surface area (Å²) in [6, 6.07) is 7.53. The number of carbonyl (C=O) groups excluding carboxylic acids is 1. The predicted molar refractivity (Wildman–Crippen MR) is 75.7 cm³/mol. The minimum absolute atomic E-state index is 0. The van der Waals surface area contributed by atoms with E-state index in [-0.39, 0.29) is 18.3 Å². The van der Waals surface area contributed by atoms with Crippen LogP contribution in [0.25, 0.3) is 0 Å². The fourth-order valence-electron chi connectivity index (χ4n) is 2.46. The lowest BCUT2D eigenvalue weighted by molar-refractivity contribution is -0.896. The molecule has 0 atom stereocenters. The average Bonchev–Trinajstić information content (AvgIpc) is 2.42. The lowest BCUT2D eigenvalue weighted by Gasteiger charge is -2.22. The van der Waals surface area contributed by atoms with Gasteiger partial charge in [0.15, 0.2) is 6.54 Å². The molecule has 1 heterocycles. The van der Waals surface area contributed by atoms with E-state index in [0.29, 0.717) is 13.2 Å². The highest BCUT2D eigenvalue weighted by Gasteiger charge is 2.17. The van der Waals surface area contributed by atoms with Gasteiger partial charge >= 0.3 is 0 Å². The molecule has 112 valence electrons. The van der Waals surface area contributed by atoms with Crippen molar-refractivity contribution < 1.29 is 26.8 Å². The average molecular weight is 299 g/mol. The standard InChI is InChI=1S/C15H22N2O2.ClH/c1-2-19-14-8-6-13(7-9-14)16-15(18)12-17-10-4-3-5-11-17;/h6-9H,2-5,10-12H2,1H3,(H,16,18);1H. The van der Waals surface area contributed by atoms with Crippen LogP contribution in [0.3, 0.4) is 0 Å². The molecule has 2 rings (SSSR count). The summed E-state index contributed by atoms with van der Waals surface area (Å²) in [4.78, 5) is 13.3. The Morgan fingerprint density at radius 2 is 1.85 bits per heavy atom. The van der Waals surface area contributed by atoms with Crippen LogP contribution in [0.1, 0.15) is 26.2 Å². The van der Waals surface area contributed by atoms with Crippen LogP contribution in [0, 0.1) is 0 Å². The van der Waals surface area contributed by atoms with E-state index in [1.54, 1.807) is 0 Å². The fourth-order valence-corrected chi connectivity index (χ4v) is 2.46. The summed E-state index contributed by atoms with van der Waals surface area (Å²) >= 11 is 0. The lowest BCUT2D eigenvalue weighted by Crippen LogP contribution is -3.13. The van der Waals surface area contributed by atoms with Crippen LogP contribution in [0.15, 0.2) is 24.3 Å². The largest absolute Gasteiger partial charge is 1.00 e. The van der Waals surface area contributed by atoms with Gasteiger partial charge in [0.2, 0.25) is 0 Å². The molecular weight excluding hydrogens is 276 g/mol. The monoisotopic (exact) mass is 298 g/mol. The number of halogens is 1. The number of likely N-dealkylation sites (tertiary alicyclic amines) is 1. The van der Waals surface area contributed by atoms with E-state index in [4.69, 9.17) is 4.74 Å². The van der Waals surface area contributed by atoms with Crippen LogP contribution in [0.2, 0.25) is 0 Å². The Hall–Kier alpha value is -1.26. The number of ether oxygens (including phenoxy) is 1. The van der Waals surface area contributed by atoms with E-state index in [1.165, 1.54) is 24.2 Å². The van der Waals surface area contributed by atoms with Gasteiger partial charge in [-0.05, 0) is 50.5 Å². The van der Waals surface area contributed by atoms with Gasteiger partial charge in [-0.3, -0.25) is 4.79 Å². The van der Waals surface area contributed by atoms with E-state index in [0.717, 1.165) is 24.5 Å². The zero-order chi connectivity index (χ0) is 13.5. The Kier molecular flexibility index (Phi) is 7.41. The van der Waals surface area contributed by atoms with Crippen LogP contribution >= 0.6 is 0 Å². The Balaban J connectivity index is 0.00000200. The molecule has 20 heavy (non-hydrogen) atoms. The molecule has 0 aliphatic carbocycles. The Labute approximate surface area is 126 Å². The lowest BCUT2D eigenvalue weighted by atomic mass is 10.1. The Morgan fingerprint density at radius 1 is 1.20 bits per heavy atom. The van der Waals surface area contributed by atoms with Crippen molar-refractivity contribution in [2.24, 2.45) is 0 Å². The number of nitrogens with one attached hydrogen (secondary N) is 2. The molecule has 0 bridgehead atoms. The SMILES string of the molecule is CCOc1ccc(NC(=O)C[NH+]2CCCCC2)cc1.[Cl-]. The second kappa shape index (κ2) is 8.82. The second-order valence-corrected chi connectivity index (χ2v) is 4.99. The van der Waals surface area contributed by atoms with Crippen LogP contribution in [-0.2, 0) is 4.79 Å². The highest BCUT2D eigenvalue weighted by molar-refractivity contribution is 5.91. The second-order valence-electron chi connectivity index (χ2n) is 4.99. The topological polar surface area (TPSA) is 42.8 Å². The van der Waals surface area contributed by atoms with Gasteiger partial charge in [-0.15, -0.1) is 0 Å². The molecule has 4 nitrogen and oxygen atoms in total. The van der Waals surface area contributed by atoms with Gasteiger partial charge in [-0.1, -0.05) is 0 Å². The first-order chi connectivity index (χ1) is 9.28. The number of rotatable bonds is 5. The smallest absolute Gasteiger partial charge is 0.279 e. The van der Waals surface area contributed by atoms with Gasteiger partial charge in [0.1, 0.15) is 5.75 Å². The van der Waals surface area contributed by atoms with Crippen LogP contribution in [0.4, 0.5) is 5.69 Å². The van der Waals surface area contributed by atoms with Gasteiger partial charge in [0.25, 0.3) is 5.91 Å². The van der Waals surface area contributed by atoms with Crippen molar-refractivity contribution in [2.75, 3.05) is 31.6 Å². The molecule has 0 unspecified atom stereocenters. The normalized spacial score (nSPS) is 15.2. The third-order valence-corrected chi connectivity index (χ3v) is 3.42. The van der Waals surface area contributed by atoms with Gasteiger partial charge in [0, 0.05) is 5.69 Å². The maximum absolute atomic E-state index is 11.9. The van der Waals surface area contributed by atoms with Crippen molar-refractivity contribution in [3.63, 3.8) is 0 Å². The number of hydrogen-bond donors (Lipinski definition) is 2. The van der Waals surface area contributed by atoms with E-state index in [9.17, 15) is 4.79 Å². The molecule has 5 heteroatoms. The first-order valence-corrected chi connectivity index (χ1v) is 7.14. The Morgan fingerprint density at radius 3 is 2.45 bits per heavy atom. The van der Waals surface area contributed by atoms with Gasteiger partial charge in [-0.25, -0.2) is 0 Å². The molecule has 1 saturated heterocycles. The van der Waals surface area contributed by atoms with Crippen molar-refractivity contribution in [1.29, 1.82) is 0 Å². The quantitative estimate of drug-likeness (QED) is 0.667. The number of carbonyl (C=O) groups is 1. The van der Waals surface area contributed by atoms with Crippen molar-refractivity contribution in [1.82, 2.24) is 0 Å². The van der Waals surface area contributed by atoms with E-state index >= 15 is 0 Å². The van der Waals surface area contributed by atoms with E-state index in [1.807, 2.05) is 31.2 Å². The molecule has 1 fully saturated rings. The van der Waals surface area contributed by atoms with Gasteiger partial charge < -0.3 is 27.4 Å². The van der Waals surface area contributed by atoms with Crippen molar-refractivity contribution in [3.8, 4) is 5.75 Å². The van der Waals surface area contributed by atoms with Crippen molar-refractivity contribution in [3.05, 3.63) is 24.3 Å². The molecule has 1 aromatic rings. The number of amides is 1. The van der Waals surface area contributed by atoms with Crippen LogP contribution < -0.4 is 27.4 Å². The number of piperidine rings is 1. The molecule has 0 saturated carbocycles. The minimum atomic E-state index is 0. The molecule has 1 aliphatic heterocycles. The highest BCUT2D eigenvalue weighted by atomic mass is 35.5. The molecular formula is C15H23ClN2O2. The third kappa shape index (κ3) is 5.39. The number of benzene rings is 1. The van der Waals surface area contributed by atoms with Crippen LogP contribution in [-0.4, -0.2) is 32.1 Å². The number of hydrogen-bond acceptors (Lipinski definition) is 2. The van der Waals surface area contributed by atoms with Crippen molar-refractivity contribution >= 4 is 11.6 Å². The summed E-state index contributed by atoms with van der Waals surface area (Å²) in [7, 11) is 0. The zero-order valence-electron chi connectivity index (χ0n) is 12.0. The summed E-state index contributed by atoms with van der Waals surface area (Å²) in [6.45, 7) is 5.43. The minimum Gasteiger partial charge on any atom is -1.00 e. The fraction of sp³-hybridized carbons (Fsp3) is 0.533. The summed E-state index contributed by atoms with van der Waals surface area (Å²) in [5.74, 6) is 0.934. The first kappa shape index (κ1) is 16.8. The number of anilines is 1. The van der Waals surface area contributed by atoms with E-state index in [2.05, 4.69) is 5.32 Å². The maximum atomic E-state index is 11.9. The number of quaternary nitrogens is 1. The summed E-state index contributed by atoms with van der Waals surface area (Å²) in [5.41, 5.74) is 0.838. The van der Waals surface area contributed by atoms with Gasteiger partial charge in [0.05, 0.1) is 19.7 Å². The van der Waals surface area contributed by atoms with Crippen LogP contribution in [0.5, 0.6) is 5.75 Å².